The topological polar surface area (TPSA) is 147 Å². The van der Waals surface area contributed by atoms with Gasteiger partial charge in [-0.3, -0.25) is 18.6 Å². The maximum Gasteiger partial charge on any atom is 0.472 e. The highest BCUT2D eigenvalue weighted by molar-refractivity contribution is 7.47. The largest absolute Gasteiger partial charge is 0.472 e. The van der Waals surface area contributed by atoms with Crippen LogP contribution in [0.25, 0.3) is 0 Å². The minimum Gasteiger partial charge on any atom is -0.462 e. The van der Waals surface area contributed by atoms with Crippen LogP contribution in [-0.2, 0) is 37.4 Å². The van der Waals surface area contributed by atoms with Gasteiger partial charge in [-0.25, -0.2) is 4.57 Å². The van der Waals surface area contributed by atoms with Gasteiger partial charge in [0.2, 0.25) is 0 Å². The number of epoxide rings is 1. The second-order valence-corrected chi connectivity index (χ2v) is 16.0. The molecule has 1 saturated heterocycles. The van der Waals surface area contributed by atoms with Gasteiger partial charge in [0.25, 0.3) is 0 Å². The number of carbonyl (C=O) groups is 2. The molecule has 56 heavy (non-hydrogen) atoms. The molecule has 4 atom stereocenters. The molecule has 0 radical (unpaired) electrons. The van der Waals surface area contributed by atoms with E-state index in [0.29, 0.717) is 31.5 Å². The number of hydrogen-bond donors (Lipinski definition) is 2. The first-order chi connectivity index (χ1) is 27.3. The van der Waals surface area contributed by atoms with E-state index in [2.05, 4.69) is 68.5 Å². The van der Waals surface area contributed by atoms with Gasteiger partial charge in [-0.2, -0.15) is 0 Å². The van der Waals surface area contributed by atoms with E-state index >= 15 is 0 Å². The summed E-state index contributed by atoms with van der Waals surface area (Å²) in [6, 6.07) is 0. The lowest BCUT2D eigenvalue weighted by Gasteiger charge is -2.19. The Kier molecular flexibility index (Phi) is 34.1. The second-order valence-electron chi connectivity index (χ2n) is 14.6. The van der Waals surface area contributed by atoms with Crippen LogP contribution in [0.3, 0.4) is 0 Å². The fourth-order valence-electron chi connectivity index (χ4n) is 5.87. The summed E-state index contributed by atoms with van der Waals surface area (Å²) in [6.07, 6.45) is 45.7. The average molecular weight is 808 g/mol. The van der Waals surface area contributed by atoms with E-state index in [4.69, 9.17) is 29.0 Å². The highest BCUT2D eigenvalue weighted by Gasteiger charge is 2.36. The first-order valence-electron chi connectivity index (χ1n) is 21.9. The van der Waals surface area contributed by atoms with E-state index in [1.807, 2.05) is 6.08 Å². The molecule has 0 spiro atoms. The van der Waals surface area contributed by atoms with Crippen LogP contribution in [0.15, 0.2) is 60.8 Å². The summed E-state index contributed by atoms with van der Waals surface area (Å²) in [7, 11) is -4.40. The zero-order valence-corrected chi connectivity index (χ0v) is 35.9. The van der Waals surface area contributed by atoms with Crippen molar-refractivity contribution in [2.24, 2.45) is 5.73 Å². The van der Waals surface area contributed by atoms with Crippen LogP contribution >= 0.6 is 7.82 Å². The fourth-order valence-corrected chi connectivity index (χ4v) is 6.64. The molecule has 0 aliphatic carbocycles. The number of rotatable bonds is 39. The monoisotopic (exact) mass is 808 g/mol. The maximum atomic E-state index is 12.6. The molecular weight excluding hydrogens is 729 g/mol. The molecule has 0 aromatic rings. The third-order valence-corrected chi connectivity index (χ3v) is 10.3. The zero-order valence-electron chi connectivity index (χ0n) is 35.0. The lowest BCUT2D eigenvalue weighted by Crippen LogP contribution is -2.29. The van der Waals surface area contributed by atoms with E-state index in [1.165, 1.54) is 64.2 Å². The predicted molar refractivity (Wildman–Crippen MR) is 228 cm³/mol. The first kappa shape index (κ1) is 51.7. The Balaban J connectivity index is 2.23. The van der Waals surface area contributed by atoms with Gasteiger partial charge in [0.15, 0.2) is 6.10 Å². The summed E-state index contributed by atoms with van der Waals surface area (Å²) < 4.78 is 38.5. The summed E-state index contributed by atoms with van der Waals surface area (Å²) in [5.74, 6) is -0.913. The molecule has 11 heteroatoms. The van der Waals surface area contributed by atoms with Gasteiger partial charge in [0.05, 0.1) is 25.4 Å². The summed E-state index contributed by atoms with van der Waals surface area (Å²) >= 11 is 0. The molecule has 3 unspecified atom stereocenters. The van der Waals surface area contributed by atoms with Crippen molar-refractivity contribution in [1.29, 1.82) is 0 Å². The second kappa shape index (κ2) is 37.0. The molecule has 0 aromatic heterocycles. The number of phosphoric acid groups is 1. The van der Waals surface area contributed by atoms with Gasteiger partial charge < -0.3 is 24.8 Å². The van der Waals surface area contributed by atoms with Crippen molar-refractivity contribution in [3.05, 3.63) is 60.8 Å². The highest BCUT2D eigenvalue weighted by atomic mass is 31.2. The molecule has 1 heterocycles. The lowest BCUT2D eigenvalue weighted by atomic mass is 10.1. The van der Waals surface area contributed by atoms with Crippen LogP contribution in [0.4, 0.5) is 0 Å². The molecule has 0 bridgehead atoms. The Morgan fingerprint density at radius 1 is 0.625 bits per heavy atom. The van der Waals surface area contributed by atoms with Crippen LogP contribution in [-0.4, -0.2) is 61.5 Å². The Hall–Kier alpha value is -2.33. The molecule has 0 saturated carbocycles. The van der Waals surface area contributed by atoms with Crippen LogP contribution in [0.2, 0.25) is 0 Å². The first-order valence-corrected chi connectivity index (χ1v) is 23.4. The summed E-state index contributed by atoms with van der Waals surface area (Å²) in [5, 5.41) is 0. The average Bonchev–Trinajstić information content (AvgIpc) is 3.94. The highest BCUT2D eigenvalue weighted by Crippen LogP contribution is 2.43. The van der Waals surface area contributed by atoms with Crippen molar-refractivity contribution in [2.45, 2.75) is 186 Å². The summed E-state index contributed by atoms with van der Waals surface area (Å²) in [4.78, 5) is 34.9. The molecule has 3 N–H and O–H groups in total. The molecule has 0 amide bonds. The normalized spacial score (nSPS) is 17.5. The third-order valence-electron chi connectivity index (χ3n) is 9.28. The quantitative estimate of drug-likeness (QED) is 0.0202. The molecule has 0 aromatic carbocycles. The molecule has 322 valence electrons. The van der Waals surface area contributed by atoms with E-state index in [9.17, 15) is 19.0 Å². The Morgan fingerprint density at radius 3 is 1.70 bits per heavy atom. The SMILES string of the molecule is CCCCC/C=C\C/C=C\CCCCCCCCCC(=O)OC[C@H](COP(=O)(O)OCCN)OC(=O)CCC/C=C\C/C=C\CC1OC1C/C=C\CCCCC. The third kappa shape index (κ3) is 33.8. The van der Waals surface area contributed by atoms with Gasteiger partial charge in [-0.1, -0.05) is 132 Å². The van der Waals surface area contributed by atoms with Crippen LogP contribution in [0, 0.1) is 0 Å². The number of unbranched alkanes of at least 4 members (excludes halogenated alkanes) is 14. The van der Waals surface area contributed by atoms with Crippen molar-refractivity contribution < 1.29 is 42.3 Å². The van der Waals surface area contributed by atoms with E-state index in [1.54, 1.807) is 0 Å². The molecule has 1 rings (SSSR count). The number of allylic oxidation sites excluding steroid dienone is 8. The molecular formula is C45H78NO9P. The number of ether oxygens (including phenoxy) is 3. The van der Waals surface area contributed by atoms with Crippen molar-refractivity contribution in [3.63, 3.8) is 0 Å². The number of esters is 2. The van der Waals surface area contributed by atoms with Crippen LogP contribution in [0.1, 0.15) is 168 Å². The van der Waals surface area contributed by atoms with Gasteiger partial charge in [-0.15, -0.1) is 0 Å². The van der Waals surface area contributed by atoms with Crippen molar-refractivity contribution in [3.8, 4) is 0 Å². The Bertz CT molecular complexity index is 1170. The molecule has 1 fully saturated rings. The Morgan fingerprint density at radius 2 is 1.11 bits per heavy atom. The van der Waals surface area contributed by atoms with E-state index in [-0.39, 0.29) is 32.6 Å². The molecule has 1 aliphatic rings. The van der Waals surface area contributed by atoms with E-state index in [0.717, 1.165) is 57.8 Å². The van der Waals surface area contributed by atoms with Gasteiger partial charge in [-0.05, 0) is 83.5 Å². The van der Waals surface area contributed by atoms with Crippen LogP contribution < -0.4 is 5.73 Å². The fraction of sp³-hybridized carbons (Fsp3) is 0.733. The van der Waals surface area contributed by atoms with Crippen molar-refractivity contribution >= 4 is 19.8 Å². The maximum absolute atomic E-state index is 12.6. The van der Waals surface area contributed by atoms with Crippen LogP contribution in [0.5, 0.6) is 0 Å². The predicted octanol–water partition coefficient (Wildman–Crippen LogP) is 11.5. The molecule has 10 nitrogen and oxygen atoms in total. The minimum atomic E-state index is -4.40. The van der Waals surface area contributed by atoms with E-state index < -0.39 is 32.5 Å². The number of nitrogens with two attached hydrogens (primary N) is 1. The summed E-state index contributed by atoms with van der Waals surface area (Å²) in [6.45, 7) is 3.58. The van der Waals surface area contributed by atoms with Gasteiger partial charge in [0.1, 0.15) is 6.61 Å². The Labute approximate surface area is 340 Å². The minimum absolute atomic E-state index is 0.0387. The molecule has 1 aliphatic heterocycles. The summed E-state index contributed by atoms with van der Waals surface area (Å²) in [5.41, 5.74) is 5.34. The standard InChI is InChI=1S/C45H78NO9P/c1-3-5-7-9-11-12-13-14-15-16-17-18-19-20-23-27-31-35-44(47)51-39-41(40-53-56(49,50)52-38-37-46)54-45(48)36-32-28-24-21-22-26-30-34-43-42(55-43)33-29-25-10-8-6-4-2/h11-12,14-15,21,24-26,29-30,41-43H,3-10,13,16-20,22-23,27-28,31-40,46H2,1-2H3,(H,49,50)/b12-11-,15-14-,24-21-,29-25-,30-26-/t41-,42?,43?/m1/s1. The van der Waals surface area contributed by atoms with Crippen molar-refractivity contribution in [2.75, 3.05) is 26.4 Å². The number of phosphoric ester groups is 1. The van der Waals surface area contributed by atoms with Gasteiger partial charge >= 0.3 is 19.8 Å². The lowest BCUT2D eigenvalue weighted by molar-refractivity contribution is -0.161. The number of carbonyl (C=O) groups excluding carboxylic acids is 2. The zero-order chi connectivity index (χ0) is 40.8. The smallest absolute Gasteiger partial charge is 0.462 e. The van der Waals surface area contributed by atoms with Gasteiger partial charge in [0, 0.05) is 19.4 Å². The number of hydrogen-bond acceptors (Lipinski definition) is 9. The van der Waals surface area contributed by atoms with Crippen molar-refractivity contribution in [1.82, 2.24) is 0 Å².